The highest BCUT2D eigenvalue weighted by Gasteiger charge is 2.38. The van der Waals surface area contributed by atoms with Crippen molar-refractivity contribution < 1.29 is 27.2 Å². The summed E-state index contributed by atoms with van der Waals surface area (Å²) in [6.45, 7) is 0.437. The number of pyridine rings is 1. The summed E-state index contributed by atoms with van der Waals surface area (Å²) >= 11 is 0. The number of hydrogen-bond donors (Lipinski definition) is 2. The van der Waals surface area contributed by atoms with Crippen molar-refractivity contribution in [1.82, 2.24) is 24.3 Å². The third-order valence-corrected chi connectivity index (χ3v) is 7.50. The summed E-state index contributed by atoms with van der Waals surface area (Å²) in [5, 5.41) is 2.36. The van der Waals surface area contributed by atoms with Gasteiger partial charge in [-0.1, -0.05) is 12.1 Å². The van der Waals surface area contributed by atoms with E-state index in [4.69, 9.17) is 10.7 Å². The lowest BCUT2D eigenvalue weighted by Gasteiger charge is -2.34. The summed E-state index contributed by atoms with van der Waals surface area (Å²) in [6, 6.07) is 7.89. The Hall–Kier alpha value is -4.55. The van der Waals surface area contributed by atoms with Crippen molar-refractivity contribution in [3.63, 3.8) is 0 Å². The molecule has 40 heavy (non-hydrogen) atoms. The van der Waals surface area contributed by atoms with Crippen LogP contribution in [0.3, 0.4) is 0 Å². The fourth-order valence-electron chi connectivity index (χ4n) is 5.53. The predicted molar refractivity (Wildman–Crippen MR) is 137 cm³/mol. The molecule has 2 atom stereocenters. The van der Waals surface area contributed by atoms with E-state index >= 15 is 4.39 Å². The molecule has 206 valence electrons. The van der Waals surface area contributed by atoms with Crippen molar-refractivity contribution in [1.29, 1.82) is 0 Å². The van der Waals surface area contributed by atoms with E-state index in [2.05, 4.69) is 15.3 Å². The molecule has 0 spiro atoms. The molecule has 2 fully saturated rings. The van der Waals surface area contributed by atoms with Gasteiger partial charge in [0.2, 0.25) is 11.9 Å². The van der Waals surface area contributed by atoms with Crippen LogP contribution in [0.1, 0.15) is 53.3 Å². The Morgan fingerprint density at radius 1 is 1.07 bits per heavy atom. The van der Waals surface area contributed by atoms with Crippen molar-refractivity contribution in [3.05, 3.63) is 71.7 Å². The first-order valence-electron chi connectivity index (χ1n) is 12.7. The van der Waals surface area contributed by atoms with Gasteiger partial charge in [-0.15, -0.1) is 0 Å². The molecule has 0 radical (unpaired) electrons. The number of fused-ring (bicyclic) bond motifs is 2. The number of hydrogen-bond acceptors (Lipinski definition) is 6. The van der Waals surface area contributed by atoms with Crippen molar-refractivity contribution in [2.75, 3.05) is 17.6 Å². The molecule has 0 bridgehead atoms. The number of nitrogens with two attached hydrogens (primary N) is 1. The third kappa shape index (κ3) is 4.50. The number of piperidine rings is 1. The number of nitrogens with one attached hydrogen (secondary N) is 1. The number of aromatic nitrogens is 4. The molecule has 0 saturated carbocycles. The van der Waals surface area contributed by atoms with Gasteiger partial charge < -0.3 is 16.0 Å². The van der Waals surface area contributed by atoms with Crippen LogP contribution in [-0.2, 0) is 11.0 Å². The lowest BCUT2D eigenvalue weighted by Crippen LogP contribution is -2.41. The fourth-order valence-corrected chi connectivity index (χ4v) is 5.53. The highest BCUT2D eigenvalue weighted by molar-refractivity contribution is 6.04. The van der Waals surface area contributed by atoms with Crippen LogP contribution in [-0.4, -0.2) is 48.7 Å². The quantitative estimate of drug-likeness (QED) is 0.355. The lowest BCUT2D eigenvalue weighted by atomic mass is 9.92. The Morgan fingerprint density at radius 3 is 2.60 bits per heavy atom. The van der Waals surface area contributed by atoms with Gasteiger partial charge >= 0.3 is 6.18 Å². The number of carbonyl (C=O) groups excluding carboxylic acids is 2. The molecule has 2 saturated heterocycles. The standard InChI is InChI=1S/C27H23F4N7O2/c28-19-12-34-24(32)23-22(36-25(38(19)23)16-5-6-18-7-8-21(39)37(18)13-16)14-1-3-15(4-2-14)26(40)35-20-11-17(9-10-33-20)27(29,30)31/h1-4,9-12,16,18H,5-8,13H2,(H2,32,34)(H,33,35,40)/t16-,18+/m1/s1. The summed E-state index contributed by atoms with van der Waals surface area (Å²) in [5.74, 6) is -1.15. The van der Waals surface area contributed by atoms with Gasteiger partial charge in [0.25, 0.3) is 5.91 Å². The largest absolute Gasteiger partial charge is 0.416 e. The van der Waals surface area contributed by atoms with E-state index in [1.807, 2.05) is 4.90 Å². The van der Waals surface area contributed by atoms with Crippen LogP contribution < -0.4 is 11.1 Å². The first-order chi connectivity index (χ1) is 19.1. The predicted octanol–water partition coefficient (Wildman–Crippen LogP) is 4.65. The van der Waals surface area contributed by atoms with Gasteiger partial charge in [-0.05, 0) is 43.5 Å². The summed E-state index contributed by atoms with van der Waals surface area (Å²) in [6.07, 6.45) is 0.292. The third-order valence-electron chi connectivity index (χ3n) is 7.50. The van der Waals surface area contributed by atoms with Gasteiger partial charge in [0, 0.05) is 42.2 Å². The summed E-state index contributed by atoms with van der Waals surface area (Å²) in [5.41, 5.74) is 6.56. The number of halogens is 4. The Morgan fingerprint density at radius 2 is 1.85 bits per heavy atom. The molecule has 2 aliphatic heterocycles. The monoisotopic (exact) mass is 553 g/mol. The molecular weight excluding hydrogens is 530 g/mol. The summed E-state index contributed by atoms with van der Waals surface area (Å²) in [4.78, 5) is 39.4. The molecule has 5 heterocycles. The molecular formula is C27H23F4N7O2. The van der Waals surface area contributed by atoms with Crippen LogP contribution in [0.25, 0.3) is 16.8 Å². The van der Waals surface area contributed by atoms with Crippen molar-refractivity contribution in [3.8, 4) is 11.3 Å². The minimum absolute atomic E-state index is 0.0681. The SMILES string of the molecule is Nc1ncc(F)n2c([C@@H]3CC[C@H]4CCC(=O)N4C3)nc(-c3ccc(C(=O)Nc4cc(C(F)(F)F)ccn4)cc3)c12. The minimum atomic E-state index is -4.57. The Labute approximate surface area is 225 Å². The number of alkyl halides is 3. The van der Waals surface area contributed by atoms with Crippen LogP contribution in [0.4, 0.5) is 29.2 Å². The average Bonchev–Trinajstić information content (AvgIpc) is 3.52. The number of anilines is 2. The van der Waals surface area contributed by atoms with E-state index in [1.165, 1.54) is 16.5 Å². The number of nitrogen functional groups attached to an aromatic ring is 1. The van der Waals surface area contributed by atoms with Crippen LogP contribution in [0, 0.1) is 5.95 Å². The van der Waals surface area contributed by atoms with Gasteiger partial charge in [-0.25, -0.2) is 15.0 Å². The van der Waals surface area contributed by atoms with E-state index in [-0.39, 0.29) is 40.6 Å². The van der Waals surface area contributed by atoms with Gasteiger partial charge in [-0.3, -0.25) is 14.0 Å². The maximum Gasteiger partial charge on any atom is 0.416 e. The van der Waals surface area contributed by atoms with Crippen LogP contribution >= 0.6 is 0 Å². The van der Waals surface area contributed by atoms with Crippen molar-refractivity contribution >= 4 is 29.0 Å². The van der Waals surface area contributed by atoms with Gasteiger partial charge in [0.15, 0.2) is 0 Å². The van der Waals surface area contributed by atoms with Crippen LogP contribution in [0.15, 0.2) is 48.8 Å². The van der Waals surface area contributed by atoms with Crippen LogP contribution in [0.2, 0.25) is 0 Å². The molecule has 0 unspecified atom stereocenters. The number of amides is 2. The zero-order chi connectivity index (χ0) is 28.2. The molecule has 4 aromatic rings. The smallest absolute Gasteiger partial charge is 0.382 e. The molecule has 2 aliphatic rings. The summed E-state index contributed by atoms with van der Waals surface area (Å²) < 4.78 is 55.4. The van der Waals surface area contributed by atoms with E-state index < -0.39 is 23.6 Å². The summed E-state index contributed by atoms with van der Waals surface area (Å²) in [7, 11) is 0. The number of nitrogens with zero attached hydrogens (tertiary/aromatic N) is 5. The van der Waals surface area contributed by atoms with Gasteiger partial charge in [-0.2, -0.15) is 17.6 Å². The first-order valence-corrected chi connectivity index (χ1v) is 12.7. The van der Waals surface area contributed by atoms with Gasteiger partial charge in [0.1, 0.15) is 28.7 Å². The van der Waals surface area contributed by atoms with Gasteiger partial charge in [0.05, 0.1) is 11.8 Å². The first kappa shape index (κ1) is 25.7. The highest BCUT2D eigenvalue weighted by Crippen LogP contribution is 2.38. The van der Waals surface area contributed by atoms with Crippen molar-refractivity contribution in [2.45, 2.75) is 43.8 Å². The van der Waals surface area contributed by atoms with Crippen LogP contribution in [0.5, 0.6) is 0 Å². The zero-order valence-electron chi connectivity index (χ0n) is 21.0. The number of benzene rings is 1. The maximum absolute atomic E-state index is 15.1. The van der Waals surface area contributed by atoms with E-state index in [1.54, 1.807) is 12.1 Å². The zero-order valence-corrected chi connectivity index (χ0v) is 21.0. The molecule has 2 amide bonds. The second kappa shape index (κ2) is 9.57. The lowest BCUT2D eigenvalue weighted by molar-refractivity contribution is -0.137. The highest BCUT2D eigenvalue weighted by atomic mass is 19.4. The second-order valence-corrected chi connectivity index (χ2v) is 9.94. The fraction of sp³-hybridized carbons (Fsp3) is 0.296. The molecule has 13 heteroatoms. The molecule has 3 N–H and O–H groups in total. The van der Waals surface area contributed by atoms with E-state index in [0.717, 1.165) is 43.8 Å². The molecule has 1 aromatic carbocycles. The molecule has 9 nitrogen and oxygen atoms in total. The minimum Gasteiger partial charge on any atom is -0.382 e. The molecule has 0 aliphatic carbocycles. The van der Waals surface area contributed by atoms with Crippen molar-refractivity contribution in [2.24, 2.45) is 0 Å². The number of rotatable bonds is 4. The Kier molecular flexibility index (Phi) is 6.15. The average molecular weight is 554 g/mol. The number of imidazole rings is 1. The molecule has 6 rings (SSSR count). The second-order valence-electron chi connectivity index (χ2n) is 9.94. The van der Waals surface area contributed by atoms with E-state index in [0.29, 0.717) is 30.0 Å². The molecule has 3 aromatic heterocycles. The van der Waals surface area contributed by atoms with E-state index in [9.17, 15) is 22.8 Å². The number of carbonyl (C=O) groups is 2. The normalized spacial score (nSPS) is 19.2. The maximum atomic E-state index is 15.1. The topological polar surface area (TPSA) is 119 Å². The Bertz CT molecular complexity index is 1630. The Balaban J connectivity index is 1.31.